The summed E-state index contributed by atoms with van der Waals surface area (Å²) in [7, 11) is 0. The summed E-state index contributed by atoms with van der Waals surface area (Å²) in [5, 5.41) is 3.48. The van der Waals surface area contributed by atoms with Crippen LogP contribution < -0.4 is 5.32 Å². The van der Waals surface area contributed by atoms with Gasteiger partial charge < -0.3 is 5.32 Å². The molecule has 0 saturated carbocycles. The second kappa shape index (κ2) is 3.78. The Morgan fingerprint density at radius 2 is 2.40 bits per heavy atom. The quantitative estimate of drug-likeness (QED) is 0.751. The average molecular weight is 200 g/mol. The summed E-state index contributed by atoms with van der Waals surface area (Å²) in [5.41, 5.74) is 2.81. The van der Waals surface area contributed by atoms with Gasteiger partial charge in [0.2, 0.25) is 0 Å². The fourth-order valence-corrected chi connectivity index (χ4v) is 2.76. The van der Waals surface area contributed by atoms with E-state index in [4.69, 9.17) is 0 Å². The van der Waals surface area contributed by atoms with Crippen LogP contribution >= 0.6 is 0 Å². The van der Waals surface area contributed by atoms with E-state index in [0.717, 1.165) is 11.8 Å². The van der Waals surface area contributed by atoms with Crippen molar-refractivity contribution >= 4 is 5.57 Å². The first kappa shape index (κ1) is 9.10. The normalized spacial score (nSPS) is 29.7. The highest BCUT2D eigenvalue weighted by molar-refractivity contribution is 5.67. The minimum Gasteiger partial charge on any atom is -0.316 e. The van der Waals surface area contributed by atoms with Gasteiger partial charge >= 0.3 is 0 Å². The Labute approximate surface area is 90.4 Å². The van der Waals surface area contributed by atoms with Crippen molar-refractivity contribution in [1.82, 2.24) is 10.3 Å². The molecule has 0 aromatic carbocycles. The first-order valence-electron chi connectivity index (χ1n) is 5.75. The number of aromatic nitrogens is 1. The molecule has 0 bridgehead atoms. The smallest absolute Gasteiger partial charge is 0.0342 e. The third kappa shape index (κ3) is 1.70. The minimum atomic E-state index is 0.807. The lowest BCUT2D eigenvalue weighted by Gasteiger charge is -2.25. The van der Waals surface area contributed by atoms with Crippen LogP contribution in [-0.2, 0) is 0 Å². The molecule has 1 fully saturated rings. The van der Waals surface area contributed by atoms with Crippen LogP contribution in [0.3, 0.4) is 0 Å². The van der Waals surface area contributed by atoms with E-state index >= 15 is 0 Å². The van der Waals surface area contributed by atoms with E-state index in [-0.39, 0.29) is 0 Å². The zero-order valence-electron chi connectivity index (χ0n) is 8.82. The number of piperidine rings is 1. The number of nitrogens with zero attached hydrogens (tertiary/aromatic N) is 1. The zero-order chi connectivity index (χ0) is 10.1. The van der Waals surface area contributed by atoms with Gasteiger partial charge in [0.15, 0.2) is 0 Å². The predicted octanol–water partition coefficient (Wildman–Crippen LogP) is 2.09. The molecule has 2 atom stereocenters. The Morgan fingerprint density at radius 3 is 3.20 bits per heavy atom. The van der Waals surface area contributed by atoms with Crippen LogP contribution in [0.5, 0.6) is 0 Å². The second-order valence-corrected chi connectivity index (χ2v) is 4.55. The highest BCUT2D eigenvalue weighted by Crippen LogP contribution is 2.38. The predicted molar refractivity (Wildman–Crippen MR) is 61.3 cm³/mol. The molecule has 0 amide bonds. The van der Waals surface area contributed by atoms with Gasteiger partial charge in [0.1, 0.15) is 0 Å². The lowest BCUT2D eigenvalue weighted by atomic mass is 9.89. The first-order valence-corrected chi connectivity index (χ1v) is 5.75. The van der Waals surface area contributed by atoms with Crippen molar-refractivity contribution in [3.63, 3.8) is 0 Å². The summed E-state index contributed by atoms with van der Waals surface area (Å²) in [6.45, 7) is 2.36. The maximum Gasteiger partial charge on any atom is 0.0342 e. The van der Waals surface area contributed by atoms with Crippen LogP contribution in [0.2, 0.25) is 0 Å². The monoisotopic (exact) mass is 200 g/mol. The van der Waals surface area contributed by atoms with Crippen molar-refractivity contribution in [2.75, 3.05) is 13.1 Å². The van der Waals surface area contributed by atoms with Gasteiger partial charge in [0.25, 0.3) is 0 Å². The largest absolute Gasteiger partial charge is 0.316 e. The van der Waals surface area contributed by atoms with Crippen LogP contribution in [0.1, 0.15) is 18.4 Å². The van der Waals surface area contributed by atoms with E-state index < -0.39 is 0 Å². The number of pyridine rings is 1. The van der Waals surface area contributed by atoms with Crippen molar-refractivity contribution in [2.45, 2.75) is 12.8 Å². The van der Waals surface area contributed by atoms with E-state index in [2.05, 4.69) is 22.4 Å². The molecule has 2 heteroatoms. The van der Waals surface area contributed by atoms with Crippen molar-refractivity contribution in [2.24, 2.45) is 11.8 Å². The maximum absolute atomic E-state index is 4.19. The summed E-state index contributed by atoms with van der Waals surface area (Å²) in [6, 6.07) is 4.19. The van der Waals surface area contributed by atoms with Crippen LogP contribution in [0.25, 0.3) is 5.57 Å². The number of hydrogen-bond donors (Lipinski definition) is 1. The van der Waals surface area contributed by atoms with Gasteiger partial charge in [0, 0.05) is 12.4 Å². The van der Waals surface area contributed by atoms with Crippen LogP contribution in [0, 0.1) is 11.8 Å². The highest BCUT2D eigenvalue weighted by Gasteiger charge is 2.29. The van der Waals surface area contributed by atoms with Gasteiger partial charge in [0.05, 0.1) is 0 Å². The summed E-state index contributed by atoms with van der Waals surface area (Å²) in [6.07, 6.45) is 8.82. The van der Waals surface area contributed by atoms with Gasteiger partial charge in [-0.2, -0.15) is 0 Å². The number of allylic oxidation sites excluding steroid dienone is 2. The Morgan fingerprint density at radius 1 is 1.40 bits per heavy atom. The molecule has 0 spiro atoms. The molecule has 0 radical (unpaired) electrons. The third-order valence-corrected chi connectivity index (χ3v) is 3.60. The number of fused-ring (bicyclic) bond motifs is 1. The molecule has 0 unspecified atom stereocenters. The molecule has 1 aromatic heterocycles. The lowest BCUT2D eigenvalue weighted by Crippen LogP contribution is -2.33. The maximum atomic E-state index is 4.19. The van der Waals surface area contributed by atoms with Gasteiger partial charge in [-0.15, -0.1) is 0 Å². The number of hydrogen-bond acceptors (Lipinski definition) is 2. The van der Waals surface area contributed by atoms with Gasteiger partial charge in [-0.3, -0.25) is 4.98 Å². The molecule has 2 aliphatic rings. The lowest BCUT2D eigenvalue weighted by molar-refractivity contribution is 0.324. The molecule has 2 heterocycles. The van der Waals surface area contributed by atoms with Crippen LogP contribution in [0.4, 0.5) is 0 Å². The van der Waals surface area contributed by atoms with Crippen molar-refractivity contribution < 1.29 is 0 Å². The SMILES string of the molecule is C1=C(c2cccnc2)C[C@@H]2CNCC[C@H]12. The molecule has 15 heavy (non-hydrogen) atoms. The Bertz CT molecular complexity index is 369. The summed E-state index contributed by atoms with van der Waals surface area (Å²) in [5.74, 6) is 1.63. The molecular formula is C13H16N2. The third-order valence-electron chi connectivity index (χ3n) is 3.60. The van der Waals surface area contributed by atoms with Gasteiger partial charge in [-0.05, 0) is 55.0 Å². The topological polar surface area (TPSA) is 24.9 Å². The number of nitrogens with one attached hydrogen (secondary N) is 1. The van der Waals surface area contributed by atoms with Gasteiger partial charge in [-0.1, -0.05) is 12.1 Å². The van der Waals surface area contributed by atoms with Crippen LogP contribution in [0.15, 0.2) is 30.6 Å². The number of rotatable bonds is 1. The molecule has 78 valence electrons. The summed E-state index contributed by atoms with van der Waals surface area (Å²) >= 11 is 0. The standard InChI is InChI=1S/C13H16N2/c1-2-11(8-14-4-1)12-6-10-3-5-15-9-13(10)7-12/h1-2,4,6,8,10,13,15H,3,5,7,9H2/t10-,13-/m1/s1. The molecule has 1 aromatic rings. The average Bonchev–Trinajstić information content (AvgIpc) is 2.74. The fraction of sp³-hybridized carbons (Fsp3) is 0.462. The van der Waals surface area contributed by atoms with E-state index in [9.17, 15) is 0 Å². The van der Waals surface area contributed by atoms with E-state index in [0.29, 0.717) is 0 Å². The molecule has 2 nitrogen and oxygen atoms in total. The van der Waals surface area contributed by atoms with Gasteiger partial charge in [-0.25, -0.2) is 0 Å². The summed E-state index contributed by atoms with van der Waals surface area (Å²) in [4.78, 5) is 4.19. The second-order valence-electron chi connectivity index (χ2n) is 4.55. The van der Waals surface area contributed by atoms with E-state index in [1.165, 1.54) is 37.1 Å². The molecule has 1 aliphatic heterocycles. The Hall–Kier alpha value is -1.15. The van der Waals surface area contributed by atoms with Crippen molar-refractivity contribution in [3.8, 4) is 0 Å². The Kier molecular flexibility index (Phi) is 2.29. The zero-order valence-corrected chi connectivity index (χ0v) is 8.82. The first-order chi connectivity index (χ1) is 7.43. The summed E-state index contributed by atoms with van der Waals surface area (Å²) < 4.78 is 0. The molecule has 1 N–H and O–H groups in total. The van der Waals surface area contributed by atoms with Crippen molar-refractivity contribution in [1.29, 1.82) is 0 Å². The molecule has 1 aliphatic carbocycles. The highest BCUT2D eigenvalue weighted by atomic mass is 14.9. The van der Waals surface area contributed by atoms with Crippen molar-refractivity contribution in [3.05, 3.63) is 36.2 Å². The molecule has 1 saturated heterocycles. The Balaban J connectivity index is 1.84. The van der Waals surface area contributed by atoms with Crippen LogP contribution in [-0.4, -0.2) is 18.1 Å². The minimum absolute atomic E-state index is 0.807. The fourth-order valence-electron chi connectivity index (χ4n) is 2.76. The molecule has 3 rings (SSSR count). The van der Waals surface area contributed by atoms with E-state index in [1.54, 1.807) is 0 Å². The van der Waals surface area contributed by atoms with E-state index in [1.807, 2.05) is 18.5 Å². The molecular weight excluding hydrogens is 184 g/mol.